The van der Waals surface area contributed by atoms with E-state index in [2.05, 4.69) is 59.6 Å². The van der Waals surface area contributed by atoms with Crippen molar-refractivity contribution in [1.82, 2.24) is 24.9 Å². The Bertz CT molecular complexity index is 1070. The van der Waals surface area contributed by atoms with Gasteiger partial charge in [0.05, 0.1) is 0 Å². The maximum Gasteiger partial charge on any atom is 0.0261 e. The Kier molecular flexibility index (Phi) is 65.5. The van der Waals surface area contributed by atoms with E-state index in [9.17, 15) is 0 Å². The highest BCUT2D eigenvalue weighted by Gasteiger charge is 2.23. The molecule has 5 heteroatoms. The molecule has 0 amide bonds. The van der Waals surface area contributed by atoms with E-state index in [-0.39, 0.29) is 0 Å². The third kappa shape index (κ3) is 56.1. The van der Waals surface area contributed by atoms with E-state index in [0.717, 1.165) is 0 Å². The second kappa shape index (κ2) is 67.3. The highest BCUT2D eigenvalue weighted by atomic mass is 15.6. The fourth-order valence-corrected chi connectivity index (χ4v) is 13.4. The molecule has 0 aromatic carbocycles. The van der Waals surface area contributed by atoms with E-state index < -0.39 is 0 Å². The van der Waals surface area contributed by atoms with Crippen molar-refractivity contribution in [2.45, 2.75) is 420 Å². The number of piperazine rings is 1. The van der Waals surface area contributed by atoms with Crippen LogP contribution in [0.5, 0.6) is 0 Å². The Morgan fingerprint density at radius 2 is 0.358 bits per heavy atom. The van der Waals surface area contributed by atoms with Gasteiger partial charge in [-0.3, -0.25) is 4.90 Å². The van der Waals surface area contributed by atoms with Crippen molar-refractivity contribution < 1.29 is 0 Å². The number of rotatable bonds is 70. The molecule has 1 saturated heterocycles. The minimum atomic E-state index is 1.23. The lowest BCUT2D eigenvalue weighted by Crippen LogP contribution is -2.55. The molecule has 0 aromatic rings. The smallest absolute Gasteiger partial charge is 0.0261 e. The monoisotopic (exact) mass is 1140 g/mol. The van der Waals surface area contributed by atoms with Gasteiger partial charge in [-0.25, -0.2) is 20.0 Å². The van der Waals surface area contributed by atoms with Gasteiger partial charge in [0.2, 0.25) is 0 Å². The summed E-state index contributed by atoms with van der Waals surface area (Å²) in [5.74, 6) is 0. The molecular formula is C76H157N5. The standard InChI is InChI=1S/C76H157N5/c1-6-11-16-21-26-31-36-41-46-51-56-61-66-78(67-62-57-52-47-42-37-32-27-22-17-12-7-2)80(70-65-60-55-50-45-40-35-30-25-20-15-10-5)74-71-77-72-75-81(76-73-77)79(68-63-58-53-48-43-38-33-28-23-18-13-8-3)69-64-59-54-49-44-39-34-29-24-19-14-9-4/h6-76H2,1-5H3. The zero-order valence-corrected chi connectivity index (χ0v) is 57.4. The molecule has 486 valence electrons. The van der Waals surface area contributed by atoms with E-state index in [1.54, 1.807) is 0 Å². The molecule has 0 unspecified atom stereocenters. The van der Waals surface area contributed by atoms with Crippen LogP contribution in [0.4, 0.5) is 0 Å². The van der Waals surface area contributed by atoms with Crippen LogP contribution >= 0.6 is 0 Å². The molecule has 1 aliphatic heterocycles. The number of hydrazine groups is 2. The fourth-order valence-electron chi connectivity index (χ4n) is 13.4. The quantitative estimate of drug-likeness (QED) is 0.0444. The van der Waals surface area contributed by atoms with Crippen LogP contribution in [0.25, 0.3) is 0 Å². The summed E-state index contributed by atoms with van der Waals surface area (Å²) in [5.41, 5.74) is 0. The van der Waals surface area contributed by atoms with Crippen molar-refractivity contribution in [2.24, 2.45) is 0 Å². The lowest BCUT2D eigenvalue weighted by Gasteiger charge is -2.42. The average molecular weight is 1140 g/mol. The Hall–Kier alpha value is -0.200. The summed E-state index contributed by atoms with van der Waals surface area (Å²) in [4.78, 5) is 2.88. The number of nitrogens with zero attached hydrogens (tertiary/aromatic N) is 5. The van der Waals surface area contributed by atoms with Gasteiger partial charge in [0.25, 0.3) is 0 Å². The van der Waals surface area contributed by atoms with Crippen LogP contribution in [0.2, 0.25) is 0 Å². The SMILES string of the molecule is CCCCCCCCCCCCCCN(CCCCCCCCCCCCCC)N(CCCCCCCCCCCCCC)CCN1CCN(N(CCCCCCCCCCCCCC)CCCCCCCCCCCCCC)CC1. The summed E-state index contributed by atoms with van der Waals surface area (Å²) in [6, 6.07) is 0. The molecule has 0 atom stereocenters. The Morgan fingerprint density at radius 1 is 0.185 bits per heavy atom. The van der Waals surface area contributed by atoms with Crippen molar-refractivity contribution >= 4 is 0 Å². The van der Waals surface area contributed by atoms with Crippen molar-refractivity contribution in [3.63, 3.8) is 0 Å². The molecule has 0 bridgehead atoms. The summed E-state index contributed by atoms with van der Waals surface area (Å²) in [6.45, 7) is 25.6. The summed E-state index contributed by atoms with van der Waals surface area (Å²) in [5, 5.41) is 11.6. The Labute approximate surface area is 514 Å². The van der Waals surface area contributed by atoms with Gasteiger partial charge >= 0.3 is 0 Å². The van der Waals surface area contributed by atoms with Crippen LogP contribution in [0.1, 0.15) is 420 Å². The van der Waals surface area contributed by atoms with Gasteiger partial charge in [-0.05, 0) is 32.1 Å². The fraction of sp³-hybridized carbons (Fsp3) is 1.00. The third-order valence-electron chi connectivity index (χ3n) is 19.2. The number of unbranched alkanes of at least 4 members (excludes halogenated alkanes) is 55. The topological polar surface area (TPSA) is 16.2 Å². The summed E-state index contributed by atoms with van der Waals surface area (Å²) >= 11 is 0. The second-order valence-corrected chi connectivity index (χ2v) is 27.1. The summed E-state index contributed by atoms with van der Waals surface area (Å²) in [7, 11) is 0. The van der Waals surface area contributed by atoms with Crippen LogP contribution in [-0.4, -0.2) is 96.9 Å². The first-order chi connectivity index (χ1) is 40.2. The highest BCUT2D eigenvalue weighted by Crippen LogP contribution is 2.20. The Balaban J connectivity index is 2.89. The molecule has 0 spiro atoms. The molecule has 1 fully saturated rings. The number of hydrogen-bond donors (Lipinski definition) is 0. The van der Waals surface area contributed by atoms with Gasteiger partial charge in [0.1, 0.15) is 0 Å². The summed E-state index contributed by atoms with van der Waals surface area (Å²) in [6.07, 6.45) is 86.5. The average Bonchev–Trinajstić information content (AvgIpc) is 3.48. The van der Waals surface area contributed by atoms with E-state index in [1.807, 2.05) is 0 Å². The normalized spacial score (nSPS) is 13.6. The van der Waals surface area contributed by atoms with E-state index >= 15 is 0 Å². The molecule has 81 heavy (non-hydrogen) atoms. The van der Waals surface area contributed by atoms with Crippen LogP contribution in [0.3, 0.4) is 0 Å². The molecule has 1 rings (SSSR count). The molecule has 1 heterocycles. The molecule has 5 nitrogen and oxygen atoms in total. The number of hydrogen-bond acceptors (Lipinski definition) is 5. The first kappa shape index (κ1) is 78.8. The van der Waals surface area contributed by atoms with Gasteiger partial charge < -0.3 is 0 Å². The maximum absolute atomic E-state index is 2.94. The maximum atomic E-state index is 2.94. The van der Waals surface area contributed by atoms with Crippen LogP contribution in [-0.2, 0) is 0 Å². The molecule has 1 aliphatic rings. The Morgan fingerprint density at radius 3 is 0.568 bits per heavy atom. The lowest BCUT2D eigenvalue weighted by atomic mass is 10.0. The third-order valence-corrected chi connectivity index (χ3v) is 19.2. The molecule has 0 aliphatic carbocycles. The summed E-state index contributed by atoms with van der Waals surface area (Å²) < 4.78 is 0. The van der Waals surface area contributed by atoms with Crippen LogP contribution < -0.4 is 0 Å². The molecule has 0 radical (unpaired) electrons. The zero-order chi connectivity index (χ0) is 58.1. The second-order valence-electron chi connectivity index (χ2n) is 27.1. The first-order valence-electron chi connectivity index (χ1n) is 38.9. The molecular weight excluding hydrogens is 983 g/mol. The molecule has 0 N–H and O–H groups in total. The van der Waals surface area contributed by atoms with E-state index in [4.69, 9.17) is 0 Å². The zero-order valence-electron chi connectivity index (χ0n) is 57.4. The lowest BCUT2D eigenvalue weighted by molar-refractivity contribution is -0.0690. The van der Waals surface area contributed by atoms with E-state index in [0.29, 0.717) is 0 Å². The first-order valence-corrected chi connectivity index (χ1v) is 38.9. The van der Waals surface area contributed by atoms with E-state index in [1.165, 1.54) is 457 Å². The van der Waals surface area contributed by atoms with Gasteiger partial charge in [-0.15, -0.1) is 0 Å². The largest absolute Gasteiger partial charge is 0.299 e. The van der Waals surface area contributed by atoms with Crippen molar-refractivity contribution in [3.05, 3.63) is 0 Å². The van der Waals surface area contributed by atoms with Crippen LogP contribution in [0.15, 0.2) is 0 Å². The predicted molar refractivity (Wildman–Crippen MR) is 368 cm³/mol. The van der Waals surface area contributed by atoms with Gasteiger partial charge in [-0.1, -0.05) is 388 Å². The molecule has 0 aromatic heterocycles. The van der Waals surface area contributed by atoms with Gasteiger partial charge in [0.15, 0.2) is 0 Å². The predicted octanol–water partition coefficient (Wildman–Crippen LogP) is 24.8. The minimum Gasteiger partial charge on any atom is -0.299 e. The van der Waals surface area contributed by atoms with Gasteiger partial charge in [-0.2, -0.15) is 0 Å². The van der Waals surface area contributed by atoms with Crippen molar-refractivity contribution in [1.29, 1.82) is 0 Å². The minimum absolute atomic E-state index is 1.23. The molecule has 0 saturated carbocycles. The van der Waals surface area contributed by atoms with Crippen LogP contribution in [0, 0.1) is 0 Å². The van der Waals surface area contributed by atoms with Crippen molar-refractivity contribution in [2.75, 3.05) is 72.0 Å². The van der Waals surface area contributed by atoms with Gasteiger partial charge in [0, 0.05) is 72.0 Å². The van der Waals surface area contributed by atoms with Crippen molar-refractivity contribution in [3.8, 4) is 0 Å². The highest BCUT2D eigenvalue weighted by molar-refractivity contribution is 4.74.